The lowest BCUT2D eigenvalue weighted by Gasteiger charge is -2.18. The lowest BCUT2D eigenvalue weighted by Crippen LogP contribution is -2.33. The predicted molar refractivity (Wildman–Crippen MR) is 90.9 cm³/mol. The second-order valence-corrected chi connectivity index (χ2v) is 6.35. The molecule has 1 atom stereocenters. The fourth-order valence-corrected chi connectivity index (χ4v) is 2.42. The van der Waals surface area contributed by atoms with Gasteiger partial charge in [0.2, 0.25) is 0 Å². The average Bonchev–Trinajstić information content (AvgIpc) is 3.01. The number of benzene rings is 1. The molecule has 1 N–H and O–H groups in total. The fraction of sp³-hybridized carbons (Fsp3) is 0.294. The predicted octanol–water partition coefficient (Wildman–Crippen LogP) is 3.41. The van der Waals surface area contributed by atoms with Crippen LogP contribution in [0.15, 0.2) is 45.3 Å². The van der Waals surface area contributed by atoms with Gasteiger partial charge in [0.1, 0.15) is 18.1 Å². The minimum absolute atomic E-state index is 0.110. The highest BCUT2D eigenvalue weighted by Gasteiger charge is 2.21. The van der Waals surface area contributed by atoms with Crippen molar-refractivity contribution in [2.24, 2.45) is 5.92 Å². The van der Waals surface area contributed by atoms with Crippen LogP contribution in [0.1, 0.15) is 23.2 Å². The number of nitrogens with zero attached hydrogens (tertiary/aromatic N) is 1. The van der Waals surface area contributed by atoms with E-state index in [0.717, 1.165) is 4.47 Å². The molecule has 0 aliphatic heterocycles. The van der Waals surface area contributed by atoms with Crippen LogP contribution in [-0.2, 0) is 11.4 Å². The number of halogens is 1. The number of hydrogen-bond donors (Lipinski definition) is 1. The Balaban J connectivity index is 1.94. The van der Waals surface area contributed by atoms with E-state index >= 15 is 0 Å². The molecule has 7 heteroatoms. The Bertz CT molecular complexity index is 727. The largest absolute Gasteiger partial charge is 0.486 e. The molecule has 1 aromatic heterocycles. The van der Waals surface area contributed by atoms with E-state index in [1.165, 1.54) is 4.90 Å². The minimum Gasteiger partial charge on any atom is -0.486 e. The molecular formula is C17H18BrNO5. The van der Waals surface area contributed by atoms with Crippen LogP contribution in [-0.4, -0.2) is 35.5 Å². The molecule has 0 aliphatic carbocycles. The first-order valence-corrected chi connectivity index (χ1v) is 8.11. The summed E-state index contributed by atoms with van der Waals surface area (Å²) < 4.78 is 12.0. The highest BCUT2D eigenvalue weighted by molar-refractivity contribution is 9.10. The van der Waals surface area contributed by atoms with Crippen LogP contribution in [0, 0.1) is 5.92 Å². The summed E-state index contributed by atoms with van der Waals surface area (Å²) in [6.45, 7) is 1.85. The molecule has 24 heavy (non-hydrogen) atoms. The van der Waals surface area contributed by atoms with Crippen molar-refractivity contribution in [1.82, 2.24) is 4.90 Å². The van der Waals surface area contributed by atoms with E-state index in [-0.39, 0.29) is 24.8 Å². The molecule has 0 spiro atoms. The van der Waals surface area contributed by atoms with Gasteiger partial charge >= 0.3 is 5.97 Å². The van der Waals surface area contributed by atoms with E-state index in [9.17, 15) is 9.59 Å². The van der Waals surface area contributed by atoms with Gasteiger partial charge < -0.3 is 19.2 Å². The molecule has 6 nitrogen and oxygen atoms in total. The Morgan fingerprint density at radius 1 is 1.33 bits per heavy atom. The van der Waals surface area contributed by atoms with Gasteiger partial charge in [-0.25, -0.2) is 0 Å². The van der Waals surface area contributed by atoms with Gasteiger partial charge in [0.25, 0.3) is 5.91 Å². The standard InChI is InChI=1S/C17H18BrNO5/c1-11(17(21)22)9-19(2)16(20)15-7-6-14(24-15)10-23-13-5-3-4-12(18)8-13/h3-8,11H,9-10H2,1-2H3,(H,21,22). The number of carboxylic acid groups (broad SMARTS) is 1. The maximum absolute atomic E-state index is 12.2. The van der Waals surface area contributed by atoms with Crippen LogP contribution in [0.3, 0.4) is 0 Å². The summed E-state index contributed by atoms with van der Waals surface area (Å²) in [5.41, 5.74) is 0. The molecule has 2 aromatic rings. The number of carboxylic acids is 1. The summed E-state index contributed by atoms with van der Waals surface area (Å²) in [5.74, 6) is -0.607. The summed E-state index contributed by atoms with van der Waals surface area (Å²) in [6.07, 6.45) is 0. The number of ether oxygens (including phenoxy) is 1. The summed E-state index contributed by atoms with van der Waals surface area (Å²) in [5, 5.41) is 8.90. The van der Waals surface area contributed by atoms with Gasteiger partial charge in [-0.3, -0.25) is 9.59 Å². The van der Waals surface area contributed by atoms with Crippen LogP contribution in [0.25, 0.3) is 0 Å². The van der Waals surface area contributed by atoms with Gasteiger partial charge in [0, 0.05) is 18.1 Å². The van der Waals surface area contributed by atoms with E-state index in [0.29, 0.717) is 11.5 Å². The van der Waals surface area contributed by atoms with Crippen molar-refractivity contribution < 1.29 is 23.8 Å². The normalized spacial score (nSPS) is 11.8. The van der Waals surface area contributed by atoms with Crippen molar-refractivity contribution in [2.45, 2.75) is 13.5 Å². The van der Waals surface area contributed by atoms with Crippen LogP contribution in [0.5, 0.6) is 5.75 Å². The average molecular weight is 396 g/mol. The monoisotopic (exact) mass is 395 g/mol. The quantitative estimate of drug-likeness (QED) is 0.776. The van der Waals surface area contributed by atoms with Gasteiger partial charge in [-0.2, -0.15) is 0 Å². The van der Waals surface area contributed by atoms with Crippen LogP contribution >= 0.6 is 15.9 Å². The van der Waals surface area contributed by atoms with Gasteiger partial charge in [-0.1, -0.05) is 28.9 Å². The van der Waals surface area contributed by atoms with Crippen molar-refractivity contribution in [3.05, 3.63) is 52.4 Å². The molecule has 0 saturated heterocycles. The Labute approximate surface area is 148 Å². The van der Waals surface area contributed by atoms with Gasteiger partial charge in [-0.05, 0) is 30.3 Å². The molecule has 1 aromatic carbocycles. The molecule has 0 aliphatic rings. The highest BCUT2D eigenvalue weighted by Crippen LogP contribution is 2.19. The number of furan rings is 1. The van der Waals surface area contributed by atoms with Crippen LogP contribution in [0.4, 0.5) is 0 Å². The second kappa shape index (κ2) is 8.01. The maximum atomic E-state index is 12.2. The summed E-state index contributed by atoms with van der Waals surface area (Å²) in [7, 11) is 1.54. The third-order valence-corrected chi connectivity index (χ3v) is 3.86. The smallest absolute Gasteiger partial charge is 0.308 e. The van der Waals surface area contributed by atoms with Crippen molar-refractivity contribution in [1.29, 1.82) is 0 Å². The Morgan fingerprint density at radius 3 is 2.75 bits per heavy atom. The lowest BCUT2D eigenvalue weighted by molar-refractivity contribution is -0.141. The molecule has 128 valence electrons. The first-order chi connectivity index (χ1) is 11.4. The molecule has 1 heterocycles. The van der Waals surface area contributed by atoms with E-state index in [4.69, 9.17) is 14.3 Å². The van der Waals surface area contributed by atoms with Crippen molar-refractivity contribution in [3.63, 3.8) is 0 Å². The van der Waals surface area contributed by atoms with Crippen LogP contribution in [0.2, 0.25) is 0 Å². The number of carbonyl (C=O) groups is 2. The Morgan fingerprint density at radius 2 is 2.08 bits per heavy atom. The number of amides is 1. The van der Waals surface area contributed by atoms with E-state index in [1.807, 2.05) is 24.3 Å². The molecule has 1 amide bonds. The van der Waals surface area contributed by atoms with Gasteiger partial charge in [-0.15, -0.1) is 0 Å². The zero-order chi connectivity index (χ0) is 17.7. The lowest BCUT2D eigenvalue weighted by atomic mass is 10.2. The summed E-state index contributed by atoms with van der Waals surface area (Å²) in [6, 6.07) is 10.6. The number of rotatable bonds is 7. The number of carbonyl (C=O) groups excluding carboxylic acids is 1. The molecule has 0 fully saturated rings. The SMILES string of the molecule is CC(CN(C)C(=O)c1ccc(COc2cccc(Br)c2)o1)C(=O)O. The Kier molecular flexibility index (Phi) is 6.03. The maximum Gasteiger partial charge on any atom is 0.308 e. The zero-order valence-electron chi connectivity index (χ0n) is 13.4. The highest BCUT2D eigenvalue weighted by atomic mass is 79.9. The summed E-state index contributed by atoms with van der Waals surface area (Å²) in [4.78, 5) is 24.4. The second-order valence-electron chi connectivity index (χ2n) is 5.44. The molecule has 2 rings (SSSR count). The van der Waals surface area contributed by atoms with Gasteiger partial charge in [0.05, 0.1) is 5.92 Å². The number of aliphatic carboxylic acids is 1. The van der Waals surface area contributed by atoms with E-state index in [1.54, 1.807) is 26.1 Å². The third kappa shape index (κ3) is 4.86. The van der Waals surface area contributed by atoms with Gasteiger partial charge in [0.15, 0.2) is 5.76 Å². The van der Waals surface area contributed by atoms with Crippen LogP contribution < -0.4 is 4.74 Å². The third-order valence-electron chi connectivity index (χ3n) is 3.37. The molecule has 0 saturated carbocycles. The minimum atomic E-state index is -0.947. The topological polar surface area (TPSA) is 80.0 Å². The first kappa shape index (κ1) is 18.1. The zero-order valence-corrected chi connectivity index (χ0v) is 14.9. The van der Waals surface area contributed by atoms with E-state index < -0.39 is 11.9 Å². The molecule has 0 radical (unpaired) electrons. The van der Waals surface area contributed by atoms with Crippen molar-refractivity contribution >= 4 is 27.8 Å². The van der Waals surface area contributed by atoms with Crippen molar-refractivity contribution in [2.75, 3.05) is 13.6 Å². The summed E-state index contributed by atoms with van der Waals surface area (Å²) >= 11 is 3.36. The Hall–Kier alpha value is -2.28. The van der Waals surface area contributed by atoms with E-state index in [2.05, 4.69) is 15.9 Å². The number of hydrogen-bond acceptors (Lipinski definition) is 4. The van der Waals surface area contributed by atoms with Crippen molar-refractivity contribution in [3.8, 4) is 5.75 Å². The molecule has 1 unspecified atom stereocenters. The molecular weight excluding hydrogens is 378 g/mol. The molecule has 0 bridgehead atoms. The first-order valence-electron chi connectivity index (χ1n) is 7.32. The fourth-order valence-electron chi connectivity index (χ4n) is 2.04.